The Balaban J connectivity index is 1.72. The molecule has 18 heavy (non-hydrogen) atoms. The molecule has 1 fully saturated rings. The van der Waals surface area contributed by atoms with Crippen molar-refractivity contribution < 1.29 is 9.47 Å². The third-order valence-corrected chi connectivity index (χ3v) is 4.26. The summed E-state index contributed by atoms with van der Waals surface area (Å²) in [6.45, 7) is 2.30. The standard InChI is InChI=1S/C14H21NO2S/c1-16-7-8-17-14-4-2-13(3-5-14)15-10-12-6-9-18-11-12/h2-5,12,15H,6-11H2,1H3. The largest absolute Gasteiger partial charge is 0.491 e. The monoisotopic (exact) mass is 267 g/mol. The van der Waals surface area contributed by atoms with Crippen molar-refractivity contribution in [3.05, 3.63) is 24.3 Å². The Morgan fingerprint density at radius 3 is 2.78 bits per heavy atom. The highest BCUT2D eigenvalue weighted by molar-refractivity contribution is 7.99. The molecule has 0 amide bonds. The summed E-state index contributed by atoms with van der Waals surface area (Å²) in [6, 6.07) is 8.15. The molecule has 0 aromatic heterocycles. The molecule has 100 valence electrons. The third kappa shape index (κ3) is 4.42. The Bertz CT molecular complexity index is 336. The summed E-state index contributed by atoms with van der Waals surface area (Å²) in [4.78, 5) is 0. The van der Waals surface area contributed by atoms with Crippen LogP contribution in [-0.4, -0.2) is 38.4 Å². The average molecular weight is 267 g/mol. The first-order chi connectivity index (χ1) is 8.88. The second-order valence-electron chi connectivity index (χ2n) is 4.48. The summed E-state index contributed by atoms with van der Waals surface area (Å²) in [6.07, 6.45) is 1.34. The molecular formula is C14H21NO2S. The quantitative estimate of drug-likeness (QED) is 0.770. The SMILES string of the molecule is COCCOc1ccc(NCC2CCSC2)cc1. The summed E-state index contributed by atoms with van der Waals surface area (Å²) in [5.74, 6) is 4.34. The first kappa shape index (κ1) is 13.6. The average Bonchev–Trinajstić information content (AvgIpc) is 2.91. The van der Waals surface area contributed by atoms with E-state index in [0.717, 1.165) is 18.2 Å². The van der Waals surface area contributed by atoms with Crippen molar-refractivity contribution in [1.82, 2.24) is 0 Å². The van der Waals surface area contributed by atoms with Crippen LogP contribution >= 0.6 is 11.8 Å². The summed E-state index contributed by atoms with van der Waals surface area (Å²) in [5.41, 5.74) is 1.17. The maximum absolute atomic E-state index is 5.52. The smallest absolute Gasteiger partial charge is 0.119 e. The van der Waals surface area contributed by atoms with Gasteiger partial charge in [0, 0.05) is 19.3 Å². The van der Waals surface area contributed by atoms with Gasteiger partial charge in [0.15, 0.2) is 0 Å². The van der Waals surface area contributed by atoms with Crippen molar-refractivity contribution in [2.24, 2.45) is 5.92 Å². The fraction of sp³-hybridized carbons (Fsp3) is 0.571. The third-order valence-electron chi connectivity index (χ3n) is 3.03. The number of benzene rings is 1. The minimum atomic E-state index is 0.600. The second kappa shape index (κ2) is 7.54. The van der Waals surface area contributed by atoms with Crippen molar-refractivity contribution in [3.63, 3.8) is 0 Å². The predicted octanol–water partition coefficient (Wildman–Crippen LogP) is 2.88. The maximum Gasteiger partial charge on any atom is 0.119 e. The Kier molecular flexibility index (Phi) is 5.68. The van der Waals surface area contributed by atoms with Crippen LogP contribution < -0.4 is 10.1 Å². The van der Waals surface area contributed by atoms with Gasteiger partial charge in [0.2, 0.25) is 0 Å². The van der Waals surface area contributed by atoms with Crippen LogP contribution in [0.3, 0.4) is 0 Å². The molecule has 1 aliphatic heterocycles. The number of thioether (sulfide) groups is 1. The highest BCUT2D eigenvalue weighted by Gasteiger charge is 2.14. The number of rotatable bonds is 7. The molecule has 2 rings (SSSR count). The second-order valence-corrected chi connectivity index (χ2v) is 5.63. The molecule has 1 aromatic carbocycles. The number of methoxy groups -OCH3 is 1. The number of anilines is 1. The molecule has 0 saturated carbocycles. The van der Waals surface area contributed by atoms with Gasteiger partial charge in [-0.1, -0.05) is 0 Å². The van der Waals surface area contributed by atoms with E-state index in [-0.39, 0.29) is 0 Å². The van der Waals surface area contributed by atoms with Crippen LogP contribution in [0.15, 0.2) is 24.3 Å². The molecule has 1 saturated heterocycles. The van der Waals surface area contributed by atoms with E-state index in [9.17, 15) is 0 Å². The van der Waals surface area contributed by atoms with Crippen LogP contribution in [0.2, 0.25) is 0 Å². The van der Waals surface area contributed by atoms with Crippen LogP contribution in [0.4, 0.5) is 5.69 Å². The molecule has 1 aliphatic rings. The maximum atomic E-state index is 5.52. The number of hydrogen-bond acceptors (Lipinski definition) is 4. The number of nitrogens with one attached hydrogen (secondary N) is 1. The van der Waals surface area contributed by atoms with E-state index in [1.54, 1.807) is 7.11 Å². The number of hydrogen-bond donors (Lipinski definition) is 1. The van der Waals surface area contributed by atoms with Crippen molar-refractivity contribution in [1.29, 1.82) is 0 Å². The van der Waals surface area contributed by atoms with Gasteiger partial charge in [-0.2, -0.15) is 11.8 Å². The van der Waals surface area contributed by atoms with Gasteiger partial charge < -0.3 is 14.8 Å². The van der Waals surface area contributed by atoms with Gasteiger partial charge in [0.05, 0.1) is 6.61 Å². The number of ether oxygens (including phenoxy) is 2. The van der Waals surface area contributed by atoms with E-state index in [4.69, 9.17) is 9.47 Å². The molecule has 3 nitrogen and oxygen atoms in total. The molecule has 1 unspecified atom stereocenters. The molecule has 1 aromatic rings. The van der Waals surface area contributed by atoms with Crippen LogP contribution in [0.25, 0.3) is 0 Å². The van der Waals surface area contributed by atoms with Gasteiger partial charge in [-0.3, -0.25) is 0 Å². The van der Waals surface area contributed by atoms with Gasteiger partial charge in [-0.15, -0.1) is 0 Å². The highest BCUT2D eigenvalue weighted by Crippen LogP contribution is 2.24. The Hall–Kier alpha value is -0.870. The lowest BCUT2D eigenvalue weighted by molar-refractivity contribution is 0.146. The zero-order valence-electron chi connectivity index (χ0n) is 10.9. The van der Waals surface area contributed by atoms with Crippen LogP contribution in [0.1, 0.15) is 6.42 Å². The topological polar surface area (TPSA) is 30.5 Å². The van der Waals surface area contributed by atoms with Crippen molar-refractivity contribution in [2.75, 3.05) is 43.7 Å². The molecule has 1 N–H and O–H groups in total. The summed E-state index contributed by atoms with van der Waals surface area (Å²) >= 11 is 2.06. The minimum Gasteiger partial charge on any atom is -0.491 e. The van der Waals surface area contributed by atoms with Gasteiger partial charge in [0.1, 0.15) is 12.4 Å². The Labute approximate surface area is 113 Å². The molecule has 0 radical (unpaired) electrons. The van der Waals surface area contributed by atoms with E-state index in [0.29, 0.717) is 13.2 Å². The predicted molar refractivity (Wildman–Crippen MR) is 77.7 cm³/mol. The molecule has 1 heterocycles. The molecule has 1 atom stereocenters. The van der Waals surface area contributed by atoms with Crippen LogP contribution in [0.5, 0.6) is 5.75 Å². The first-order valence-corrected chi connectivity index (χ1v) is 7.57. The van der Waals surface area contributed by atoms with Crippen LogP contribution in [0, 0.1) is 5.92 Å². The molecule has 0 spiro atoms. The molecule has 4 heteroatoms. The van der Waals surface area contributed by atoms with Crippen molar-refractivity contribution in [3.8, 4) is 5.75 Å². The zero-order valence-corrected chi connectivity index (χ0v) is 11.7. The van der Waals surface area contributed by atoms with Crippen molar-refractivity contribution >= 4 is 17.4 Å². The first-order valence-electron chi connectivity index (χ1n) is 6.42. The fourth-order valence-corrected chi connectivity index (χ4v) is 3.20. The van der Waals surface area contributed by atoms with Gasteiger partial charge in [0.25, 0.3) is 0 Å². The van der Waals surface area contributed by atoms with Crippen LogP contribution in [-0.2, 0) is 4.74 Å². The molecular weight excluding hydrogens is 246 g/mol. The minimum absolute atomic E-state index is 0.600. The van der Waals surface area contributed by atoms with Gasteiger partial charge >= 0.3 is 0 Å². The van der Waals surface area contributed by atoms with E-state index in [1.165, 1.54) is 23.6 Å². The normalized spacial score (nSPS) is 18.8. The zero-order chi connectivity index (χ0) is 12.6. The van der Waals surface area contributed by atoms with E-state index in [2.05, 4.69) is 29.2 Å². The lowest BCUT2D eigenvalue weighted by Crippen LogP contribution is -2.13. The molecule has 0 bridgehead atoms. The van der Waals surface area contributed by atoms with E-state index >= 15 is 0 Å². The molecule has 0 aliphatic carbocycles. The van der Waals surface area contributed by atoms with Crippen molar-refractivity contribution in [2.45, 2.75) is 6.42 Å². The fourth-order valence-electron chi connectivity index (χ4n) is 1.92. The Morgan fingerprint density at radius 2 is 2.11 bits per heavy atom. The van der Waals surface area contributed by atoms with Gasteiger partial charge in [-0.05, 0) is 48.1 Å². The van der Waals surface area contributed by atoms with Gasteiger partial charge in [-0.25, -0.2) is 0 Å². The van der Waals surface area contributed by atoms with E-state index < -0.39 is 0 Å². The summed E-state index contributed by atoms with van der Waals surface area (Å²) in [7, 11) is 1.68. The lowest BCUT2D eigenvalue weighted by atomic mass is 10.1. The van der Waals surface area contributed by atoms with E-state index in [1.807, 2.05) is 12.1 Å². The Morgan fingerprint density at radius 1 is 1.28 bits per heavy atom. The summed E-state index contributed by atoms with van der Waals surface area (Å²) < 4.78 is 10.5. The lowest BCUT2D eigenvalue weighted by Gasteiger charge is -2.12. The highest BCUT2D eigenvalue weighted by atomic mass is 32.2. The summed E-state index contributed by atoms with van der Waals surface area (Å²) in [5, 5.41) is 3.49.